The van der Waals surface area contributed by atoms with Crippen LogP contribution >= 0.6 is 12.4 Å². The predicted octanol–water partition coefficient (Wildman–Crippen LogP) is 0.632. The molecule has 0 spiro atoms. The Kier molecular flexibility index (Phi) is 2.50. The standard InChI is InChI=1S/C3H3N2.ClH/c1-2-5-3-4-1;/h1,3H,(H,4,5);1H. The highest BCUT2D eigenvalue weighted by Crippen LogP contribution is 1.60. The lowest BCUT2D eigenvalue weighted by atomic mass is 11.0. The molecule has 0 aliphatic heterocycles. The molecule has 0 saturated heterocycles. The summed E-state index contributed by atoms with van der Waals surface area (Å²) in [7, 11) is 0. The van der Waals surface area contributed by atoms with Crippen molar-refractivity contribution >= 4 is 12.4 Å². The van der Waals surface area contributed by atoms with E-state index < -0.39 is 0 Å². The molecule has 0 bridgehead atoms. The van der Waals surface area contributed by atoms with Crippen LogP contribution in [0.4, 0.5) is 0 Å². The fourth-order valence-corrected chi connectivity index (χ4v) is 0.186. The van der Waals surface area contributed by atoms with Gasteiger partial charge in [-0.05, 0) is 0 Å². The maximum absolute atomic E-state index is 3.61. The molecule has 0 amide bonds. The van der Waals surface area contributed by atoms with Gasteiger partial charge in [0.05, 0.1) is 18.7 Å². The minimum Gasteiger partial charge on any atom is -0.343 e. The van der Waals surface area contributed by atoms with Gasteiger partial charge in [0.1, 0.15) is 0 Å². The lowest BCUT2D eigenvalue weighted by Crippen LogP contribution is -1.44. The smallest absolute Gasteiger partial charge is 0.0924 e. The second-order valence-electron chi connectivity index (χ2n) is 0.696. The van der Waals surface area contributed by atoms with Crippen LogP contribution in [0.15, 0.2) is 12.5 Å². The molecule has 6 heavy (non-hydrogen) atoms. The zero-order chi connectivity index (χ0) is 3.54. The number of aromatic amines is 1. The third-order valence-electron chi connectivity index (χ3n) is 0.362. The highest BCUT2D eigenvalue weighted by molar-refractivity contribution is 5.85. The summed E-state index contributed by atoms with van der Waals surface area (Å²) in [5, 5.41) is 0. The lowest BCUT2D eigenvalue weighted by molar-refractivity contribution is 1.31. The first kappa shape index (κ1) is 5.50. The maximum atomic E-state index is 3.61. The average molecular weight is 104 g/mol. The molecule has 1 N–H and O–H groups in total. The molecule has 0 atom stereocenters. The first-order valence-electron chi connectivity index (χ1n) is 1.34. The van der Waals surface area contributed by atoms with Crippen LogP contribution in [0.5, 0.6) is 0 Å². The molecule has 1 radical (unpaired) electrons. The number of imidazole rings is 1. The summed E-state index contributed by atoms with van der Waals surface area (Å²) >= 11 is 0. The first-order valence-corrected chi connectivity index (χ1v) is 1.34. The molecule has 0 fully saturated rings. The van der Waals surface area contributed by atoms with Crippen molar-refractivity contribution in [1.82, 2.24) is 9.97 Å². The van der Waals surface area contributed by atoms with Gasteiger partial charge in [0.25, 0.3) is 0 Å². The fraction of sp³-hybridized carbons (Fsp3) is 0. The van der Waals surface area contributed by atoms with Gasteiger partial charge in [-0.25, -0.2) is 4.98 Å². The quantitative estimate of drug-likeness (QED) is 0.513. The Morgan fingerprint density at radius 1 is 1.67 bits per heavy atom. The van der Waals surface area contributed by atoms with E-state index in [-0.39, 0.29) is 12.4 Å². The van der Waals surface area contributed by atoms with Gasteiger partial charge in [0.2, 0.25) is 0 Å². The molecule has 3 heteroatoms. The third-order valence-corrected chi connectivity index (χ3v) is 0.362. The summed E-state index contributed by atoms with van der Waals surface area (Å²) in [4.78, 5) is 6.24. The lowest BCUT2D eigenvalue weighted by Gasteiger charge is -1.45. The molecule has 0 aliphatic rings. The van der Waals surface area contributed by atoms with Crippen molar-refractivity contribution in [2.24, 2.45) is 0 Å². The summed E-state index contributed by atoms with van der Waals surface area (Å²) in [5.41, 5.74) is 0. The fourth-order valence-electron chi connectivity index (χ4n) is 0.186. The zero-order valence-corrected chi connectivity index (χ0v) is 3.83. The molecule has 1 heterocycles. The molecular formula is C3H4ClN2. The Hall–Kier alpha value is -0.500. The number of aromatic nitrogens is 2. The highest BCUT2D eigenvalue weighted by atomic mass is 35.5. The van der Waals surface area contributed by atoms with Gasteiger partial charge in [-0.15, -0.1) is 12.4 Å². The van der Waals surface area contributed by atoms with Crippen molar-refractivity contribution in [3.8, 4) is 0 Å². The number of hydrogen-bond donors (Lipinski definition) is 1. The molecule has 2 nitrogen and oxygen atoms in total. The number of rotatable bonds is 0. The van der Waals surface area contributed by atoms with E-state index in [1.165, 1.54) is 0 Å². The normalized spacial score (nSPS) is 6.67. The SMILES string of the molecule is Cl.[c]1cnc[nH]1. The Balaban J connectivity index is 0.000000250. The van der Waals surface area contributed by atoms with Crippen molar-refractivity contribution in [3.63, 3.8) is 0 Å². The van der Waals surface area contributed by atoms with Gasteiger partial charge in [-0.3, -0.25) is 0 Å². The molecule has 0 aliphatic carbocycles. The van der Waals surface area contributed by atoms with Crippen molar-refractivity contribution in [1.29, 1.82) is 0 Å². The van der Waals surface area contributed by atoms with Gasteiger partial charge < -0.3 is 4.98 Å². The van der Waals surface area contributed by atoms with E-state index in [1.54, 1.807) is 12.5 Å². The van der Waals surface area contributed by atoms with Crippen LogP contribution in [-0.4, -0.2) is 9.97 Å². The van der Waals surface area contributed by atoms with E-state index in [0.717, 1.165) is 0 Å². The molecule has 1 rings (SSSR count). The van der Waals surface area contributed by atoms with E-state index in [0.29, 0.717) is 0 Å². The van der Waals surface area contributed by atoms with Crippen LogP contribution < -0.4 is 0 Å². The van der Waals surface area contributed by atoms with Crippen LogP contribution in [0.2, 0.25) is 0 Å². The number of hydrogen-bond acceptors (Lipinski definition) is 1. The van der Waals surface area contributed by atoms with E-state index in [2.05, 4.69) is 16.2 Å². The first-order chi connectivity index (χ1) is 2.50. The molecule has 0 unspecified atom stereocenters. The molecule has 0 aromatic carbocycles. The molecule has 33 valence electrons. The Bertz CT molecular complexity index is 65.3. The second-order valence-corrected chi connectivity index (χ2v) is 0.696. The predicted molar refractivity (Wildman–Crippen MR) is 24.7 cm³/mol. The van der Waals surface area contributed by atoms with Crippen molar-refractivity contribution in [2.75, 3.05) is 0 Å². The number of nitrogens with zero attached hydrogens (tertiary/aromatic N) is 1. The van der Waals surface area contributed by atoms with Gasteiger partial charge in [-0.1, -0.05) is 0 Å². The molecule has 1 aromatic heterocycles. The molecular weight excluding hydrogens is 99.5 g/mol. The zero-order valence-electron chi connectivity index (χ0n) is 3.01. The van der Waals surface area contributed by atoms with Crippen LogP contribution in [0.3, 0.4) is 0 Å². The summed E-state index contributed by atoms with van der Waals surface area (Å²) in [6.07, 6.45) is 5.76. The topological polar surface area (TPSA) is 28.7 Å². The minimum absolute atomic E-state index is 0. The van der Waals surface area contributed by atoms with Gasteiger partial charge >= 0.3 is 0 Å². The summed E-state index contributed by atoms with van der Waals surface area (Å²) in [5.74, 6) is 0. The van der Waals surface area contributed by atoms with Crippen molar-refractivity contribution in [2.45, 2.75) is 0 Å². The van der Waals surface area contributed by atoms with Gasteiger partial charge in [-0.2, -0.15) is 0 Å². The van der Waals surface area contributed by atoms with Gasteiger partial charge in [0.15, 0.2) is 0 Å². The largest absolute Gasteiger partial charge is 0.343 e. The second kappa shape index (κ2) is 2.72. The number of nitrogens with one attached hydrogen (secondary N) is 1. The summed E-state index contributed by atoms with van der Waals surface area (Å²) in [6, 6.07) is 0. The highest BCUT2D eigenvalue weighted by Gasteiger charge is 1.58. The van der Waals surface area contributed by atoms with Crippen LogP contribution in [-0.2, 0) is 0 Å². The maximum Gasteiger partial charge on any atom is 0.0924 e. The van der Waals surface area contributed by atoms with E-state index in [9.17, 15) is 0 Å². The monoisotopic (exact) mass is 103 g/mol. The van der Waals surface area contributed by atoms with E-state index in [1.807, 2.05) is 0 Å². The molecule has 1 aromatic rings. The number of H-pyrrole nitrogens is 1. The van der Waals surface area contributed by atoms with E-state index >= 15 is 0 Å². The Labute approximate surface area is 42.0 Å². The average Bonchev–Trinajstić information content (AvgIpc) is 1.76. The van der Waals surface area contributed by atoms with Crippen LogP contribution in [0.25, 0.3) is 0 Å². The minimum atomic E-state index is 0. The number of halogens is 1. The molecule has 0 saturated carbocycles. The third kappa shape index (κ3) is 1.08. The van der Waals surface area contributed by atoms with E-state index in [4.69, 9.17) is 0 Å². The summed E-state index contributed by atoms with van der Waals surface area (Å²) < 4.78 is 0. The van der Waals surface area contributed by atoms with Gasteiger partial charge in [0, 0.05) is 0 Å². The Morgan fingerprint density at radius 3 is 2.67 bits per heavy atom. The van der Waals surface area contributed by atoms with Crippen molar-refractivity contribution < 1.29 is 0 Å². The summed E-state index contributed by atoms with van der Waals surface area (Å²) in [6.45, 7) is 0. The van der Waals surface area contributed by atoms with Crippen LogP contribution in [0, 0.1) is 6.20 Å². The van der Waals surface area contributed by atoms with Crippen LogP contribution in [0.1, 0.15) is 0 Å². The Morgan fingerprint density at radius 2 is 2.50 bits per heavy atom. The van der Waals surface area contributed by atoms with Crippen molar-refractivity contribution in [3.05, 3.63) is 18.7 Å².